The van der Waals surface area contributed by atoms with Crippen LogP contribution < -0.4 is 5.32 Å². The van der Waals surface area contributed by atoms with E-state index in [1.54, 1.807) is 24.3 Å². The van der Waals surface area contributed by atoms with E-state index in [2.05, 4.69) is 47.6 Å². The van der Waals surface area contributed by atoms with E-state index >= 15 is 0 Å². The molecule has 4 rings (SSSR count). The number of rotatable bonds is 4. The number of para-hydroxylation sites is 1. The third kappa shape index (κ3) is 3.74. The first-order valence-corrected chi connectivity index (χ1v) is 9.20. The van der Waals surface area contributed by atoms with Gasteiger partial charge in [0.2, 0.25) is 0 Å². The number of H-pyrrole nitrogens is 1. The molecule has 134 valence electrons. The Bertz CT molecular complexity index is 1100. The zero-order chi connectivity index (χ0) is 18.8. The van der Waals surface area contributed by atoms with Gasteiger partial charge in [-0.05, 0) is 66.9 Å². The molecule has 0 aliphatic rings. The second kappa shape index (κ2) is 7.29. The lowest BCUT2D eigenvalue weighted by Gasteiger charge is -2.07. The summed E-state index contributed by atoms with van der Waals surface area (Å²) in [5.41, 5.74) is 6.22. The molecule has 4 aromatic rings. The molecule has 3 nitrogen and oxygen atoms in total. The molecule has 27 heavy (non-hydrogen) atoms. The summed E-state index contributed by atoms with van der Waals surface area (Å²) in [6, 6.07) is 23.2. The Morgan fingerprint density at radius 3 is 2.41 bits per heavy atom. The van der Waals surface area contributed by atoms with Crippen molar-refractivity contribution < 1.29 is 4.79 Å². The van der Waals surface area contributed by atoms with Gasteiger partial charge in [-0.15, -0.1) is 0 Å². The number of aromatic nitrogens is 1. The van der Waals surface area contributed by atoms with Crippen LogP contribution in [0.5, 0.6) is 0 Å². The van der Waals surface area contributed by atoms with Crippen LogP contribution in [-0.2, 0) is 6.42 Å². The van der Waals surface area contributed by atoms with Gasteiger partial charge < -0.3 is 10.3 Å². The maximum Gasteiger partial charge on any atom is 0.255 e. The number of amides is 1. The van der Waals surface area contributed by atoms with Gasteiger partial charge in [0, 0.05) is 32.9 Å². The predicted molar refractivity (Wildman–Crippen MR) is 112 cm³/mol. The Labute approximate surface area is 163 Å². The summed E-state index contributed by atoms with van der Waals surface area (Å²) in [6.07, 6.45) is 0.848. The molecule has 2 N–H and O–H groups in total. The van der Waals surface area contributed by atoms with Crippen molar-refractivity contribution in [1.29, 1.82) is 0 Å². The van der Waals surface area contributed by atoms with E-state index in [0.29, 0.717) is 10.6 Å². The number of anilines is 1. The molecule has 0 atom stereocenters. The molecule has 0 saturated heterocycles. The Hall–Kier alpha value is -3.04. The van der Waals surface area contributed by atoms with E-state index < -0.39 is 0 Å². The van der Waals surface area contributed by atoms with Crippen molar-refractivity contribution >= 4 is 34.1 Å². The van der Waals surface area contributed by atoms with Crippen molar-refractivity contribution in [2.24, 2.45) is 0 Å². The first-order chi connectivity index (χ1) is 13.1. The molecule has 0 fully saturated rings. The highest BCUT2D eigenvalue weighted by Crippen LogP contribution is 2.25. The minimum absolute atomic E-state index is 0.146. The summed E-state index contributed by atoms with van der Waals surface area (Å²) in [7, 11) is 0. The van der Waals surface area contributed by atoms with Gasteiger partial charge >= 0.3 is 0 Å². The third-order valence-electron chi connectivity index (χ3n) is 4.73. The molecule has 0 aliphatic heterocycles. The van der Waals surface area contributed by atoms with Crippen LogP contribution in [0, 0.1) is 6.92 Å². The Morgan fingerprint density at radius 2 is 1.67 bits per heavy atom. The maximum atomic E-state index is 12.3. The lowest BCUT2D eigenvalue weighted by molar-refractivity contribution is 0.102. The fourth-order valence-corrected chi connectivity index (χ4v) is 3.40. The van der Waals surface area contributed by atoms with Crippen molar-refractivity contribution in [3.8, 4) is 0 Å². The smallest absolute Gasteiger partial charge is 0.255 e. The first kappa shape index (κ1) is 17.4. The molecular formula is C23H19ClN2O. The number of aryl methyl sites for hydroxylation is 1. The number of hydrogen-bond acceptors (Lipinski definition) is 1. The largest absolute Gasteiger partial charge is 0.358 e. The quantitative estimate of drug-likeness (QED) is 0.454. The number of aromatic amines is 1. The average molecular weight is 375 g/mol. The van der Waals surface area contributed by atoms with Crippen molar-refractivity contribution in [3.05, 3.63) is 100 Å². The van der Waals surface area contributed by atoms with E-state index in [9.17, 15) is 4.79 Å². The third-order valence-corrected chi connectivity index (χ3v) is 4.98. The monoisotopic (exact) mass is 374 g/mol. The number of benzene rings is 3. The summed E-state index contributed by atoms with van der Waals surface area (Å²) >= 11 is 5.87. The van der Waals surface area contributed by atoms with Crippen LogP contribution in [0.3, 0.4) is 0 Å². The number of nitrogens with one attached hydrogen (secondary N) is 2. The number of fused-ring (bicyclic) bond motifs is 1. The molecule has 0 unspecified atom stereocenters. The van der Waals surface area contributed by atoms with Crippen molar-refractivity contribution in [2.75, 3.05) is 5.32 Å². The fourth-order valence-electron chi connectivity index (χ4n) is 3.28. The molecule has 4 heteroatoms. The zero-order valence-electron chi connectivity index (χ0n) is 14.9. The fraction of sp³-hybridized carbons (Fsp3) is 0.0870. The summed E-state index contributed by atoms with van der Waals surface area (Å²) in [4.78, 5) is 15.7. The molecule has 0 radical (unpaired) electrons. The summed E-state index contributed by atoms with van der Waals surface area (Å²) < 4.78 is 0. The minimum atomic E-state index is -0.146. The van der Waals surface area contributed by atoms with Crippen LogP contribution >= 0.6 is 11.6 Å². The number of carbonyl (C=O) groups is 1. The van der Waals surface area contributed by atoms with Crippen LogP contribution in [-0.4, -0.2) is 10.9 Å². The van der Waals surface area contributed by atoms with Crippen LogP contribution in [0.1, 0.15) is 27.2 Å². The highest BCUT2D eigenvalue weighted by molar-refractivity contribution is 6.30. The summed E-state index contributed by atoms with van der Waals surface area (Å²) in [5, 5.41) is 4.79. The van der Waals surface area contributed by atoms with Crippen molar-refractivity contribution in [3.63, 3.8) is 0 Å². The summed E-state index contributed by atoms with van der Waals surface area (Å²) in [5.74, 6) is -0.146. The highest BCUT2D eigenvalue weighted by atomic mass is 35.5. The highest BCUT2D eigenvalue weighted by Gasteiger charge is 2.09. The molecule has 1 heterocycles. The molecule has 0 saturated carbocycles. The minimum Gasteiger partial charge on any atom is -0.358 e. The predicted octanol–water partition coefficient (Wildman–Crippen LogP) is 5.97. The topological polar surface area (TPSA) is 44.9 Å². The van der Waals surface area contributed by atoms with Crippen LogP contribution in [0.4, 0.5) is 5.69 Å². The second-order valence-corrected chi connectivity index (χ2v) is 7.05. The lowest BCUT2D eigenvalue weighted by Crippen LogP contribution is -2.11. The van der Waals surface area contributed by atoms with Crippen molar-refractivity contribution in [2.45, 2.75) is 13.3 Å². The maximum absolute atomic E-state index is 12.3. The van der Waals surface area contributed by atoms with Gasteiger partial charge in [0.25, 0.3) is 5.91 Å². The lowest BCUT2D eigenvalue weighted by atomic mass is 10.0. The normalized spacial score (nSPS) is 10.9. The van der Waals surface area contributed by atoms with Gasteiger partial charge in [-0.2, -0.15) is 0 Å². The first-order valence-electron chi connectivity index (χ1n) is 8.82. The Morgan fingerprint density at radius 1 is 0.963 bits per heavy atom. The zero-order valence-corrected chi connectivity index (χ0v) is 15.7. The number of halogens is 1. The van der Waals surface area contributed by atoms with Gasteiger partial charge in [-0.25, -0.2) is 0 Å². The molecule has 3 aromatic carbocycles. The molecular weight excluding hydrogens is 356 g/mol. The Balaban J connectivity index is 1.49. The number of hydrogen-bond donors (Lipinski definition) is 2. The van der Waals surface area contributed by atoms with E-state index in [1.807, 2.05) is 18.2 Å². The van der Waals surface area contributed by atoms with E-state index in [1.165, 1.54) is 22.2 Å². The van der Waals surface area contributed by atoms with Gasteiger partial charge in [0.05, 0.1) is 0 Å². The average Bonchev–Trinajstić information content (AvgIpc) is 2.99. The van der Waals surface area contributed by atoms with Gasteiger partial charge in [0.1, 0.15) is 0 Å². The van der Waals surface area contributed by atoms with Gasteiger partial charge in [-0.3, -0.25) is 4.79 Å². The van der Waals surface area contributed by atoms with Gasteiger partial charge in [-0.1, -0.05) is 41.9 Å². The second-order valence-electron chi connectivity index (χ2n) is 6.61. The van der Waals surface area contributed by atoms with E-state index in [0.717, 1.165) is 17.6 Å². The van der Waals surface area contributed by atoms with Crippen LogP contribution in [0.2, 0.25) is 5.02 Å². The van der Waals surface area contributed by atoms with Crippen molar-refractivity contribution in [1.82, 2.24) is 4.98 Å². The molecule has 0 bridgehead atoms. The molecule has 0 aliphatic carbocycles. The molecule has 1 aromatic heterocycles. The Kier molecular flexibility index (Phi) is 4.69. The summed E-state index contributed by atoms with van der Waals surface area (Å²) in [6.45, 7) is 2.11. The SMILES string of the molecule is Cc1[nH]c2ccccc2c1Cc1ccc(NC(=O)c2ccc(Cl)cc2)cc1. The van der Waals surface area contributed by atoms with Gasteiger partial charge in [0.15, 0.2) is 0 Å². The van der Waals surface area contributed by atoms with E-state index in [4.69, 9.17) is 11.6 Å². The number of carbonyl (C=O) groups excluding carboxylic acids is 1. The van der Waals surface area contributed by atoms with Crippen LogP contribution in [0.15, 0.2) is 72.8 Å². The standard InChI is InChI=1S/C23H19ClN2O/c1-15-21(20-4-2-3-5-22(20)25-15)14-16-6-12-19(13-7-16)26-23(27)17-8-10-18(24)11-9-17/h2-13,25H,14H2,1H3,(H,26,27). The van der Waals surface area contributed by atoms with Crippen LogP contribution in [0.25, 0.3) is 10.9 Å². The molecule has 0 spiro atoms. The van der Waals surface area contributed by atoms with E-state index in [-0.39, 0.29) is 5.91 Å². The molecule has 1 amide bonds.